The van der Waals surface area contributed by atoms with Gasteiger partial charge in [0.25, 0.3) is 5.91 Å². The Morgan fingerprint density at radius 2 is 2.11 bits per heavy atom. The summed E-state index contributed by atoms with van der Waals surface area (Å²) in [5.41, 5.74) is 1.22. The summed E-state index contributed by atoms with van der Waals surface area (Å²) in [5, 5.41) is 5.21. The van der Waals surface area contributed by atoms with Crippen LogP contribution in [-0.2, 0) is 13.0 Å². The molecule has 1 amide bonds. The number of thiazole rings is 1. The van der Waals surface area contributed by atoms with Crippen molar-refractivity contribution in [3.05, 3.63) is 50.8 Å². The molecule has 1 N–H and O–H groups in total. The number of thiophene rings is 1. The Morgan fingerprint density at radius 3 is 2.89 bits per heavy atom. The lowest BCUT2D eigenvalue weighted by Crippen LogP contribution is -2.36. The molecule has 1 fully saturated rings. The van der Waals surface area contributed by atoms with E-state index in [9.17, 15) is 4.79 Å². The SMILES string of the molecule is CNC(=O)c1sc2ccccc2c1C[C@@H]1CCCCCN1Cc1cnc(C)s1. The molecule has 0 bridgehead atoms. The molecule has 1 aliphatic rings. The molecule has 28 heavy (non-hydrogen) atoms. The van der Waals surface area contributed by atoms with E-state index in [2.05, 4.69) is 46.4 Å². The van der Waals surface area contributed by atoms with Gasteiger partial charge in [0.1, 0.15) is 0 Å². The van der Waals surface area contributed by atoms with Crippen LogP contribution in [0.5, 0.6) is 0 Å². The molecule has 0 saturated carbocycles. The number of aromatic nitrogens is 1. The van der Waals surface area contributed by atoms with Crippen LogP contribution >= 0.6 is 22.7 Å². The largest absolute Gasteiger partial charge is 0.354 e. The highest BCUT2D eigenvalue weighted by Gasteiger charge is 2.26. The summed E-state index contributed by atoms with van der Waals surface area (Å²) < 4.78 is 1.20. The Balaban J connectivity index is 1.65. The second kappa shape index (κ2) is 8.72. The van der Waals surface area contributed by atoms with Gasteiger partial charge in [-0.1, -0.05) is 31.0 Å². The average Bonchev–Trinajstić information content (AvgIpc) is 3.20. The van der Waals surface area contributed by atoms with Crippen LogP contribution in [0.15, 0.2) is 30.5 Å². The van der Waals surface area contributed by atoms with Crippen molar-refractivity contribution in [3.8, 4) is 0 Å². The van der Waals surface area contributed by atoms with Crippen LogP contribution in [0.2, 0.25) is 0 Å². The van der Waals surface area contributed by atoms with Crippen molar-refractivity contribution in [2.45, 2.75) is 51.6 Å². The molecule has 0 radical (unpaired) electrons. The maximum Gasteiger partial charge on any atom is 0.261 e. The average molecular weight is 414 g/mol. The Kier molecular flexibility index (Phi) is 6.09. The molecule has 4 nitrogen and oxygen atoms in total. The van der Waals surface area contributed by atoms with Gasteiger partial charge in [-0.15, -0.1) is 22.7 Å². The molecule has 1 atom stereocenters. The first-order chi connectivity index (χ1) is 13.7. The summed E-state index contributed by atoms with van der Waals surface area (Å²) in [6.45, 7) is 4.16. The van der Waals surface area contributed by atoms with E-state index in [1.807, 2.05) is 6.20 Å². The molecular formula is C22H27N3OS2. The molecule has 0 aliphatic carbocycles. The Morgan fingerprint density at radius 1 is 1.25 bits per heavy atom. The molecule has 0 spiro atoms. The van der Waals surface area contributed by atoms with Gasteiger partial charge in [-0.3, -0.25) is 9.69 Å². The van der Waals surface area contributed by atoms with Crippen molar-refractivity contribution in [2.75, 3.05) is 13.6 Å². The quantitative estimate of drug-likeness (QED) is 0.639. The van der Waals surface area contributed by atoms with Crippen molar-refractivity contribution in [1.29, 1.82) is 0 Å². The summed E-state index contributed by atoms with van der Waals surface area (Å²) in [4.78, 5) is 21.8. The first-order valence-corrected chi connectivity index (χ1v) is 11.7. The molecule has 1 aliphatic heterocycles. The molecule has 3 heterocycles. The predicted octanol–water partition coefficient (Wildman–Crippen LogP) is 5.01. The van der Waals surface area contributed by atoms with Gasteiger partial charge in [0.05, 0.1) is 9.88 Å². The van der Waals surface area contributed by atoms with Gasteiger partial charge in [-0.25, -0.2) is 4.98 Å². The predicted molar refractivity (Wildman–Crippen MR) is 118 cm³/mol. The Bertz CT molecular complexity index is 962. The number of rotatable bonds is 5. The lowest BCUT2D eigenvalue weighted by atomic mass is 9.98. The van der Waals surface area contributed by atoms with Gasteiger partial charge in [0.2, 0.25) is 0 Å². The van der Waals surface area contributed by atoms with E-state index in [0.29, 0.717) is 6.04 Å². The molecule has 1 saturated heterocycles. The highest BCUT2D eigenvalue weighted by molar-refractivity contribution is 7.21. The molecule has 1 aromatic carbocycles. The fraction of sp³-hybridized carbons (Fsp3) is 0.455. The van der Waals surface area contributed by atoms with Crippen LogP contribution in [0.1, 0.15) is 50.8 Å². The van der Waals surface area contributed by atoms with E-state index in [-0.39, 0.29) is 5.91 Å². The molecule has 4 rings (SSSR count). The molecule has 148 valence electrons. The van der Waals surface area contributed by atoms with E-state index < -0.39 is 0 Å². The number of carbonyl (C=O) groups excluding carboxylic acids is 1. The van der Waals surface area contributed by atoms with E-state index in [1.54, 1.807) is 29.7 Å². The summed E-state index contributed by atoms with van der Waals surface area (Å²) >= 11 is 3.42. The summed E-state index contributed by atoms with van der Waals surface area (Å²) in [6.07, 6.45) is 7.96. The van der Waals surface area contributed by atoms with E-state index in [1.165, 1.54) is 46.2 Å². The van der Waals surface area contributed by atoms with E-state index in [0.717, 1.165) is 29.4 Å². The van der Waals surface area contributed by atoms with Crippen molar-refractivity contribution in [1.82, 2.24) is 15.2 Å². The molecular weight excluding hydrogens is 386 g/mol. The molecule has 6 heteroatoms. The minimum absolute atomic E-state index is 0.0365. The van der Waals surface area contributed by atoms with Crippen molar-refractivity contribution in [3.63, 3.8) is 0 Å². The van der Waals surface area contributed by atoms with Gasteiger partial charge >= 0.3 is 0 Å². The number of hydrogen-bond donors (Lipinski definition) is 1. The Labute approximate surface area is 174 Å². The molecule has 0 unspecified atom stereocenters. The standard InChI is InChI=1S/C22H27N3OS2/c1-15-24-13-17(27-15)14-25-11-7-3-4-8-16(25)12-19-18-9-5-6-10-20(18)28-21(19)22(26)23-2/h5-6,9-10,13,16H,3-4,7-8,11-12,14H2,1-2H3,(H,23,26)/t16-/m0/s1. The topological polar surface area (TPSA) is 45.2 Å². The van der Waals surface area contributed by atoms with Gasteiger partial charge in [0.15, 0.2) is 0 Å². The first-order valence-electron chi connectivity index (χ1n) is 10.0. The van der Waals surface area contributed by atoms with Gasteiger partial charge in [0, 0.05) is 35.4 Å². The van der Waals surface area contributed by atoms with Crippen LogP contribution in [-0.4, -0.2) is 35.4 Å². The lowest BCUT2D eigenvalue weighted by molar-refractivity contribution is 0.0965. The second-order valence-corrected chi connectivity index (χ2v) is 9.88. The van der Waals surface area contributed by atoms with Crippen LogP contribution in [0, 0.1) is 6.92 Å². The van der Waals surface area contributed by atoms with Gasteiger partial charge in [-0.2, -0.15) is 0 Å². The third-order valence-electron chi connectivity index (χ3n) is 5.60. The lowest BCUT2D eigenvalue weighted by Gasteiger charge is -2.29. The second-order valence-electron chi connectivity index (χ2n) is 7.51. The zero-order valence-electron chi connectivity index (χ0n) is 16.5. The maximum absolute atomic E-state index is 12.6. The smallest absolute Gasteiger partial charge is 0.261 e. The van der Waals surface area contributed by atoms with Crippen LogP contribution in [0.4, 0.5) is 0 Å². The number of nitrogens with zero attached hydrogens (tertiary/aromatic N) is 2. The minimum atomic E-state index is 0.0365. The van der Waals surface area contributed by atoms with Crippen molar-refractivity contribution in [2.24, 2.45) is 0 Å². The van der Waals surface area contributed by atoms with Crippen molar-refractivity contribution < 1.29 is 4.79 Å². The Hall–Kier alpha value is -1.76. The zero-order chi connectivity index (χ0) is 19.5. The highest BCUT2D eigenvalue weighted by Crippen LogP contribution is 2.34. The summed E-state index contributed by atoms with van der Waals surface area (Å²) in [6, 6.07) is 8.89. The normalized spacial score (nSPS) is 18.3. The fourth-order valence-corrected chi connectivity index (χ4v) is 6.19. The van der Waals surface area contributed by atoms with E-state index >= 15 is 0 Å². The molecule has 3 aromatic rings. The monoisotopic (exact) mass is 413 g/mol. The van der Waals surface area contributed by atoms with Crippen LogP contribution in [0.3, 0.4) is 0 Å². The van der Waals surface area contributed by atoms with Gasteiger partial charge in [-0.05, 0) is 49.7 Å². The zero-order valence-corrected chi connectivity index (χ0v) is 18.2. The third-order valence-corrected chi connectivity index (χ3v) is 7.71. The number of benzene rings is 1. The minimum Gasteiger partial charge on any atom is -0.354 e. The maximum atomic E-state index is 12.6. The summed E-state index contributed by atoms with van der Waals surface area (Å²) in [7, 11) is 1.72. The first kappa shape index (κ1) is 19.6. The summed E-state index contributed by atoms with van der Waals surface area (Å²) in [5.74, 6) is 0.0365. The van der Waals surface area contributed by atoms with Crippen LogP contribution in [0.25, 0.3) is 10.1 Å². The molecule has 2 aromatic heterocycles. The third kappa shape index (κ3) is 4.14. The van der Waals surface area contributed by atoms with Gasteiger partial charge < -0.3 is 5.32 Å². The highest BCUT2D eigenvalue weighted by atomic mass is 32.1. The number of nitrogens with one attached hydrogen (secondary N) is 1. The number of amides is 1. The number of hydrogen-bond acceptors (Lipinski definition) is 5. The van der Waals surface area contributed by atoms with E-state index in [4.69, 9.17) is 0 Å². The van der Waals surface area contributed by atoms with Crippen molar-refractivity contribution >= 4 is 38.7 Å². The number of fused-ring (bicyclic) bond motifs is 1. The number of likely N-dealkylation sites (tertiary alicyclic amines) is 1. The number of aryl methyl sites for hydroxylation is 1. The fourth-order valence-electron chi connectivity index (χ4n) is 4.19. The number of carbonyl (C=O) groups is 1. The van der Waals surface area contributed by atoms with Crippen LogP contribution < -0.4 is 5.32 Å².